The SMILES string of the molecule is C=C1C(C)[C@@H](CC)C(C)CCC[C@@](C)(CO)CC[C@@H](/C(C)=C/c2csc(C)n2)NC(=O)CC(O)C1(C)C. The highest BCUT2D eigenvalue weighted by molar-refractivity contribution is 7.09. The summed E-state index contributed by atoms with van der Waals surface area (Å²) in [7, 11) is 0. The van der Waals surface area contributed by atoms with Crippen molar-refractivity contribution in [2.24, 2.45) is 28.6 Å². The average Bonchev–Trinajstić information content (AvgIpc) is 3.25. The number of thiazole rings is 1. The number of amides is 1. The Labute approximate surface area is 229 Å². The second-order valence-corrected chi connectivity index (χ2v) is 13.6. The van der Waals surface area contributed by atoms with Gasteiger partial charge in [-0.25, -0.2) is 4.98 Å². The van der Waals surface area contributed by atoms with Gasteiger partial charge in [-0.1, -0.05) is 73.0 Å². The quantitative estimate of drug-likeness (QED) is 0.367. The second-order valence-electron chi connectivity index (χ2n) is 12.5. The van der Waals surface area contributed by atoms with Gasteiger partial charge in [0.2, 0.25) is 5.91 Å². The van der Waals surface area contributed by atoms with Gasteiger partial charge in [0.1, 0.15) is 0 Å². The molecule has 0 aliphatic carbocycles. The molecule has 0 aromatic carbocycles. The molecule has 210 valence electrons. The predicted molar refractivity (Wildman–Crippen MR) is 156 cm³/mol. The van der Waals surface area contributed by atoms with Gasteiger partial charge < -0.3 is 15.5 Å². The van der Waals surface area contributed by atoms with Gasteiger partial charge in [0, 0.05) is 17.4 Å². The fourth-order valence-corrected chi connectivity index (χ4v) is 6.60. The summed E-state index contributed by atoms with van der Waals surface area (Å²) in [6, 6.07) is -0.186. The Morgan fingerprint density at radius 3 is 2.51 bits per heavy atom. The topological polar surface area (TPSA) is 82.5 Å². The van der Waals surface area contributed by atoms with Gasteiger partial charge in [0.05, 0.1) is 29.3 Å². The standard InChI is InChI=1S/C31H52N2O3S/c1-10-26-20(2)12-11-14-31(9,19-34)15-13-27(21(3)16-25-18-37-24(6)32-25)33-29(36)17-28(35)30(7,8)23(5)22(26)4/h16,18,20,22,26-28,34-35H,5,10-15,17,19H2,1-4,6-9H3,(H,33,36)/b21-16+/t20?,22?,26-,27-,28?,31+/m0/s1. The average molecular weight is 533 g/mol. The molecule has 3 unspecified atom stereocenters. The van der Waals surface area contributed by atoms with Crippen LogP contribution in [0.15, 0.2) is 23.1 Å². The van der Waals surface area contributed by atoms with E-state index in [-0.39, 0.29) is 36.3 Å². The molecule has 1 amide bonds. The van der Waals surface area contributed by atoms with Crippen LogP contribution in [0, 0.1) is 35.5 Å². The van der Waals surface area contributed by atoms with E-state index in [0.717, 1.165) is 60.4 Å². The number of aromatic nitrogens is 1. The van der Waals surface area contributed by atoms with E-state index >= 15 is 0 Å². The summed E-state index contributed by atoms with van der Waals surface area (Å²) in [5, 5.41) is 27.8. The first-order valence-electron chi connectivity index (χ1n) is 14.1. The smallest absolute Gasteiger partial charge is 0.223 e. The molecule has 0 radical (unpaired) electrons. The van der Waals surface area contributed by atoms with E-state index in [1.54, 1.807) is 11.3 Å². The van der Waals surface area contributed by atoms with Crippen LogP contribution >= 0.6 is 11.3 Å². The van der Waals surface area contributed by atoms with E-state index in [1.807, 2.05) is 39.2 Å². The first-order chi connectivity index (χ1) is 17.2. The van der Waals surface area contributed by atoms with Crippen molar-refractivity contribution in [1.29, 1.82) is 0 Å². The van der Waals surface area contributed by atoms with Crippen LogP contribution in [0.3, 0.4) is 0 Å². The zero-order valence-corrected chi connectivity index (χ0v) is 25.4. The summed E-state index contributed by atoms with van der Waals surface area (Å²) in [5.74, 6) is 1.06. The molecule has 5 nitrogen and oxygen atoms in total. The third-order valence-corrected chi connectivity index (χ3v) is 9.98. The van der Waals surface area contributed by atoms with E-state index in [1.165, 1.54) is 0 Å². The minimum absolute atomic E-state index is 0.0297. The van der Waals surface area contributed by atoms with Crippen LogP contribution in [0.5, 0.6) is 0 Å². The summed E-state index contributed by atoms with van der Waals surface area (Å²) in [6.45, 7) is 21.6. The van der Waals surface area contributed by atoms with Crippen molar-refractivity contribution in [2.75, 3.05) is 6.61 Å². The Hall–Kier alpha value is -1.50. The number of hydrogen-bond donors (Lipinski definition) is 3. The molecular formula is C31H52N2O3S. The normalized spacial score (nSPS) is 33.2. The summed E-state index contributed by atoms with van der Waals surface area (Å²) in [4.78, 5) is 17.8. The molecule has 1 aromatic heterocycles. The second kappa shape index (κ2) is 13.5. The number of aliphatic hydroxyl groups is 2. The highest BCUT2D eigenvalue weighted by atomic mass is 32.1. The molecule has 2 rings (SSSR count). The fraction of sp³-hybridized carbons (Fsp3) is 0.742. The van der Waals surface area contributed by atoms with Crippen molar-refractivity contribution in [3.63, 3.8) is 0 Å². The van der Waals surface area contributed by atoms with E-state index in [9.17, 15) is 15.0 Å². The van der Waals surface area contributed by atoms with Crippen LogP contribution in [0.4, 0.5) is 0 Å². The lowest BCUT2D eigenvalue weighted by Crippen LogP contribution is -2.43. The minimum atomic E-state index is -0.822. The molecule has 1 saturated heterocycles. The van der Waals surface area contributed by atoms with Gasteiger partial charge in [-0.15, -0.1) is 11.3 Å². The number of nitrogens with zero attached hydrogens (tertiary/aromatic N) is 1. The predicted octanol–water partition coefficient (Wildman–Crippen LogP) is 6.93. The Balaban J connectivity index is 2.38. The Morgan fingerprint density at radius 2 is 1.95 bits per heavy atom. The van der Waals surface area contributed by atoms with Crippen LogP contribution in [0.2, 0.25) is 0 Å². The van der Waals surface area contributed by atoms with Crippen molar-refractivity contribution < 1.29 is 15.0 Å². The molecule has 0 bridgehead atoms. The molecular weight excluding hydrogens is 480 g/mol. The third-order valence-electron chi connectivity index (χ3n) is 9.19. The Morgan fingerprint density at radius 1 is 1.27 bits per heavy atom. The molecule has 2 heterocycles. The number of hydrogen-bond acceptors (Lipinski definition) is 5. The molecule has 37 heavy (non-hydrogen) atoms. The molecule has 6 heteroatoms. The number of aryl methyl sites for hydroxylation is 1. The maximum atomic E-state index is 13.2. The summed E-state index contributed by atoms with van der Waals surface area (Å²) >= 11 is 1.61. The lowest BCUT2D eigenvalue weighted by atomic mass is 9.66. The minimum Gasteiger partial charge on any atom is -0.396 e. The highest BCUT2D eigenvalue weighted by Crippen LogP contribution is 2.42. The van der Waals surface area contributed by atoms with Crippen LogP contribution in [-0.4, -0.2) is 39.9 Å². The van der Waals surface area contributed by atoms with Crippen LogP contribution in [0.1, 0.15) is 104 Å². The largest absolute Gasteiger partial charge is 0.396 e. The van der Waals surface area contributed by atoms with Gasteiger partial charge in [0.25, 0.3) is 0 Å². The van der Waals surface area contributed by atoms with E-state index in [0.29, 0.717) is 11.8 Å². The maximum Gasteiger partial charge on any atom is 0.223 e. The van der Waals surface area contributed by atoms with Crippen molar-refractivity contribution in [1.82, 2.24) is 10.3 Å². The van der Waals surface area contributed by atoms with Gasteiger partial charge >= 0.3 is 0 Å². The van der Waals surface area contributed by atoms with Gasteiger partial charge in [-0.2, -0.15) is 0 Å². The molecule has 1 aliphatic heterocycles. The van der Waals surface area contributed by atoms with Crippen molar-refractivity contribution >= 4 is 23.3 Å². The van der Waals surface area contributed by atoms with E-state index in [4.69, 9.17) is 0 Å². The van der Waals surface area contributed by atoms with E-state index in [2.05, 4.69) is 44.6 Å². The molecule has 1 aromatic rings. The van der Waals surface area contributed by atoms with Crippen molar-refractivity contribution in [3.05, 3.63) is 33.8 Å². The highest BCUT2D eigenvalue weighted by Gasteiger charge is 2.38. The Kier molecular flexibility index (Phi) is 11.6. The zero-order valence-electron chi connectivity index (χ0n) is 24.6. The summed E-state index contributed by atoms with van der Waals surface area (Å²) in [6.07, 6.45) is 6.96. The molecule has 3 N–H and O–H groups in total. The van der Waals surface area contributed by atoms with Crippen LogP contribution in [-0.2, 0) is 4.79 Å². The van der Waals surface area contributed by atoms with E-state index < -0.39 is 11.5 Å². The molecule has 1 fully saturated rings. The lowest BCUT2D eigenvalue weighted by molar-refractivity contribution is -0.125. The number of rotatable bonds is 4. The summed E-state index contributed by atoms with van der Waals surface area (Å²) in [5.41, 5.74) is 2.18. The molecule has 1 aliphatic rings. The van der Waals surface area contributed by atoms with Gasteiger partial charge in [0.15, 0.2) is 0 Å². The molecule has 0 saturated carbocycles. The van der Waals surface area contributed by atoms with Crippen LogP contribution < -0.4 is 5.32 Å². The van der Waals surface area contributed by atoms with Crippen molar-refractivity contribution in [3.8, 4) is 0 Å². The number of aliphatic hydroxyl groups excluding tert-OH is 2. The van der Waals surface area contributed by atoms with Crippen molar-refractivity contribution in [2.45, 2.75) is 112 Å². The first-order valence-corrected chi connectivity index (χ1v) is 15.0. The molecule has 6 atom stereocenters. The first kappa shape index (κ1) is 31.7. The number of nitrogens with one attached hydrogen (secondary N) is 1. The number of carbonyl (C=O) groups excluding carboxylic acids is 1. The zero-order chi connectivity index (χ0) is 28.0. The number of carbonyl (C=O) groups is 1. The fourth-order valence-electron chi connectivity index (χ4n) is 6.03. The summed E-state index contributed by atoms with van der Waals surface area (Å²) < 4.78 is 0. The maximum absolute atomic E-state index is 13.2. The molecule has 0 spiro atoms. The third kappa shape index (κ3) is 8.49. The van der Waals surface area contributed by atoms with Gasteiger partial charge in [-0.05, 0) is 67.9 Å². The monoisotopic (exact) mass is 532 g/mol. The lowest BCUT2D eigenvalue weighted by Gasteiger charge is -2.40. The van der Waals surface area contributed by atoms with Crippen LogP contribution in [0.25, 0.3) is 6.08 Å². The van der Waals surface area contributed by atoms with Gasteiger partial charge in [-0.3, -0.25) is 4.79 Å². The Bertz CT molecular complexity index is 937.